The van der Waals surface area contributed by atoms with Crippen molar-refractivity contribution < 1.29 is 9.32 Å². The van der Waals surface area contributed by atoms with Crippen LogP contribution in [-0.2, 0) is 6.54 Å². The molecule has 3 N–H and O–H groups in total. The van der Waals surface area contributed by atoms with E-state index >= 15 is 0 Å². The molecular weight excluding hydrogens is 232 g/mol. The number of nitrogens with zero attached hydrogens (tertiary/aromatic N) is 2. The summed E-state index contributed by atoms with van der Waals surface area (Å²) in [6, 6.07) is 3.37. The maximum atomic E-state index is 11.9. The second-order valence-corrected chi connectivity index (χ2v) is 4.02. The first-order chi connectivity index (χ1) is 8.56. The molecule has 18 heavy (non-hydrogen) atoms. The normalized spacial score (nSPS) is 10.3. The number of nitrogens with two attached hydrogens (primary N) is 1. The first-order valence-corrected chi connectivity index (χ1v) is 5.49. The number of nitrogen functional groups attached to an aromatic ring is 1. The summed E-state index contributed by atoms with van der Waals surface area (Å²) in [4.78, 5) is 16.0. The van der Waals surface area contributed by atoms with Gasteiger partial charge in [0.1, 0.15) is 0 Å². The molecule has 0 aromatic carbocycles. The molecule has 0 saturated heterocycles. The summed E-state index contributed by atoms with van der Waals surface area (Å²) in [5.74, 6) is 0.372. The van der Waals surface area contributed by atoms with Crippen molar-refractivity contribution in [3.05, 3.63) is 41.0 Å². The van der Waals surface area contributed by atoms with Crippen LogP contribution in [0.4, 0.5) is 5.69 Å². The average molecular weight is 246 g/mol. The van der Waals surface area contributed by atoms with Crippen molar-refractivity contribution in [2.24, 2.45) is 0 Å². The first kappa shape index (κ1) is 12.1. The molecule has 0 atom stereocenters. The van der Waals surface area contributed by atoms with Gasteiger partial charge < -0.3 is 15.6 Å². The van der Waals surface area contributed by atoms with E-state index in [2.05, 4.69) is 15.5 Å². The molecule has 2 aromatic rings. The van der Waals surface area contributed by atoms with Gasteiger partial charge in [0.2, 0.25) is 0 Å². The standard InChI is InChI=1S/C12H14N4O2/c1-7-3-10(18-16-7)6-15-12(17)11-4-9(13)5-14-8(11)2/h3-5H,6,13H2,1-2H3,(H,15,17). The number of pyridine rings is 1. The third-order valence-electron chi connectivity index (χ3n) is 2.45. The van der Waals surface area contributed by atoms with Crippen molar-refractivity contribution in [3.8, 4) is 0 Å². The fraction of sp³-hybridized carbons (Fsp3) is 0.250. The van der Waals surface area contributed by atoms with Crippen LogP contribution >= 0.6 is 0 Å². The maximum absolute atomic E-state index is 11.9. The zero-order valence-electron chi connectivity index (χ0n) is 10.2. The van der Waals surface area contributed by atoms with E-state index < -0.39 is 0 Å². The molecule has 0 bridgehead atoms. The molecule has 0 radical (unpaired) electrons. The van der Waals surface area contributed by atoms with Crippen LogP contribution in [0.3, 0.4) is 0 Å². The second-order valence-electron chi connectivity index (χ2n) is 4.02. The Bertz CT molecular complexity index is 577. The molecule has 0 unspecified atom stereocenters. The van der Waals surface area contributed by atoms with Crippen LogP contribution in [0.2, 0.25) is 0 Å². The van der Waals surface area contributed by atoms with Gasteiger partial charge in [0.25, 0.3) is 5.91 Å². The van der Waals surface area contributed by atoms with E-state index in [-0.39, 0.29) is 12.5 Å². The zero-order chi connectivity index (χ0) is 13.1. The lowest BCUT2D eigenvalue weighted by Crippen LogP contribution is -2.23. The topological polar surface area (TPSA) is 94.0 Å². The number of rotatable bonds is 3. The Kier molecular flexibility index (Phi) is 3.27. The van der Waals surface area contributed by atoms with Gasteiger partial charge in [-0.05, 0) is 19.9 Å². The molecule has 0 spiro atoms. The Morgan fingerprint density at radius 3 is 2.89 bits per heavy atom. The Morgan fingerprint density at radius 1 is 1.44 bits per heavy atom. The summed E-state index contributed by atoms with van der Waals surface area (Å²) in [6.07, 6.45) is 1.52. The summed E-state index contributed by atoms with van der Waals surface area (Å²) in [7, 11) is 0. The van der Waals surface area contributed by atoms with E-state index in [1.807, 2.05) is 6.92 Å². The van der Waals surface area contributed by atoms with Crippen molar-refractivity contribution in [1.29, 1.82) is 0 Å². The van der Waals surface area contributed by atoms with Crippen LogP contribution in [0.15, 0.2) is 22.9 Å². The monoisotopic (exact) mass is 246 g/mol. The highest BCUT2D eigenvalue weighted by Crippen LogP contribution is 2.10. The fourth-order valence-electron chi connectivity index (χ4n) is 1.54. The molecule has 0 fully saturated rings. The number of nitrogens with one attached hydrogen (secondary N) is 1. The van der Waals surface area contributed by atoms with Crippen molar-refractivity contribution in [2.45, 2.75) is 20.4 Å². The fourth-order valence-corrected chi connectivity index (χ4v) is 1.54. The van der Waals surface area contributed by atoms with E-state index in [4.69, 9.17) is 10.3 Å². The summed E-state index contributed by atoms with van der Waals surface area (Å²) in [6.45, 7) is 3.86. The molecule has 2 rings (SSSR count). The number of hydrogen-bond donors (Lipinski definition) is 2. The third kappa shape index (κ3) is 2.65. The molecule has 94 valence electrons. The minimum absolute atomic E-state index is 0.235. The second kappa shape index (κ2) is 4.87. The van der Waals surface area contributed by atoms with Crippen LogP contribution in [0, 0.1) is 13.8 Å². The van der Waals surface area contributed by atoms with E-state index in [0.717, 1.165) is 5.69 Å². The Hall–Kier alpha value is -2.37. The lowest BCUT2D eigenvalue weighted by molar-refractivity contribution is 0.0946. The number of aryl methyl sites for hydroxylation is 2. The van der Waals surface area contributed by atoms with Gasteiger partial charge in [-0.1, -0.05) is 5.16 Å². The van der Waals surface area contributed by atoms with Gasteiger partial charge in [0.05, 0.1) is 35.4 Å². The molecule has 6 nitrogen and oxygen atoms in total. The number of carbonyl (C=O) groups is 1. The number of aromatic nitrogens is 2. The first-order valence-electron chi connectivity index (χ1n) is 5.49. The molecule has 1 amide bonds. The Labute approximate surface area is 104 Å². The largest absolute Gasteiger partial charge is 0.397 e. The highest BCUT2D eigenvalue weighted by Gasteiger charge is 2.11. The van der Waals surface area contributed by atoms with Gasteiger partial charge in [-0.3, -0.25) is 9.78 Å². The minimum Gasteiger partial charge on any atom is -0.397 e. The lowest BCUT2D eigenvalue weighted by atomic mass is 10.2. The van der Waals surface area contributed by atoms with E-state index in [9.17, 15) is 4.79 Å². The summed E-state index contributed by atoms with van der Waals surface area (Å²) >= 11 is 0. The molecule has 0 aliphatic carbocycles. The predicted molar refractivity (Wildman–Crippen MR) is 65.8 cm³/mol. The van der Waals surface area contributed by atoms with Gasteiger partial charge in [0.15, 0.2) is 5.76 Å². The molecule has 2 heterocycles. The average Bonchev–Trinajstić information content (AvgIpc) is 2.75. The van der Waals surface area contributed by atoms with E-state index in [1.165, 1.54) is 6.20 Å². The number of amides is 1. The predicted octanol–water partition coefficient (Wildman–Crippen LogP) is 1.20. The van der Waals surface area contributed by atoms with Gasteiger partial charge in [0, 0.05) is 6.07 Å². The molecule has 2 aromatic heterocycles. The van der Waals surface area contributed by atoms with Gasteiger partial charge in [-0.25, -0.2) is 0 Å². The van der Waals surface area contributed by atoms with Crippen molar-refractivity contribution in [2.75, 3.05) is 5.73 Å². The molecule has 0 saturated carbocycles. The Morgan fingerprint density at radius 2 is 2.22 bits per heavy atom. The minimum atomic E-state index is -0.235. The Balaban J connectivity index is 2.05. The number of hydrogen-bond acceptors (Lipinski definition) is 5. The van der Waals surface area contributed by atoms with Gasteiger partial charge in [-0.15, -0.1) is 0 Å². The SMILES string of the molecule is Cc1cc(CNC(=O)c2cc(N)cnc2C)on1. The molecular formula is C12H14N4O2. The molecule has 0 aliphatic heterocycles. The van der Waals surface area contributed by atoms with Crippen LogP contribution in [0.5, 0.6) is 0 Å². The van der Waals surface area contributed by atoms with Crippen LogP contribution in [-0.4, -0.2) is 16.0 Å². The quantitative estimate of drug-likeness (QED) is 0.848. The third-order valence-corrected chi connectivity index (χ3v) is 2.45. The van der Waals surface area contributed by atoms with Gasteiger partial charge in [-0.2, -0.15) is 0 Å². The maximum Gasteiger partial charge on any atom is 0.253 e. The number of anilines is 1. The van der Waals surface area contributed by atoms with Crippen molar-refractivity contribution in [1.82, 2.24) is 15.5 Å². The number of carbonyl (C=O) groups excluding carboxylic acids is 1. The molecule has 6 heteroatoms. The summed E-state index contributed by atoms with van der Waals surface area (Å²) in [5.41, 5.74) is 7.94. The zero-order valence-corrected chi connectivity index (χ0v) is 10.2. The summed E-state index contributed by atoms with van der Waals surface area (Å²) in [5, 5.41) is 6.47. The van der Waals surface area contributed by atoms with E-state index in [0.29, 0.717) is 22.7 Å². The van der Waals surface area contributed by atoms with Crippen LogP contribution in [0.25, 0.3) is 0 Å². The highest BCUT2D eigenvalue weighted by atomic mass is 16.5. The lowest BCUT2D eigenvalue weighted by Gasteiger charge is -2.06. The van der Waals surface area contributed by atoms with Crippen molar-refractivity contribution >= 4 is 11.6 Å². The smallest absolute Gasteiger partial charge is 0.253 e. The van der Waals surface area contributed by atoms with Crippen molar-refractivity contribution in [3.63, 3.8) is 0 Å². The van der Waals surface area contributed by atoms with Gasteiger partial charge >= 0.3 is 0 Å². The van der Waals surface area contributed by atoms with Crippen LogP contribution in [0.1, 0.15) is 27.5 Å². The van der Waals surface area contributed by atoms with Crippen LogP contribution < -0.4 is 11.1 Å². The molecule has 0 aliphatic rings. The highest BCUT2D eigenvalue weighted by molar-refractivity contribution is 5.95. The summed E-state index contributed by atoms with van der Waals surface area (Å²) < 4.78 is 5.00. The van der Waals surface area contributed by atoms with E-state index in [1.54, 1.807) is 19.1 Å².